The molecule has 1 unspecified atom stereocenters. The molecule has 0 aliphatic carbocycles. The van der Waals surface area contributed by atoms with Crippen molar-refractivity contribution >= 4 is 17.5 Å². The Morgan fingerprint density at radius 3 is 2.53 bits per heavy atom. The van der Waals surface area contributed by atoms with E-state index in [0.717, 1.165) is 36.4 Å². The second kappa shape index (κ2) is 9.20. The summed E-state index contributed by atoms with van der Waals surface area (Å²) >= 11 is 0. The van der Waals surface area contributed by atoms with Crippen LogP contribution >= 0.6 is 0 Å². The fourth-order valence-corrected chi connectivity index (χ4v) is 4.02. The van der Waals surface area contributed by atoms with Crippen molar-refractivity contribution in [3.63, 3.8) is 0 Å². The fraction of sp³-hybridized carbons (Fsp3) is 0.417. The molecule has 1 aliphatic heterocycles. The van der Waals surface area contributed by atoms with Gasteiger partial charge in [-0.2, -0.15) is 0 Å². The fourth-order valence-electron chi connectivity index (χ4n) is 4.02. The molecule has 0 spiro atoms. The van der Waals surface area contributed by atoms with Gasteiger partial charge in [0.2, 0.25) is 5.91 Å². The lowest BCUT2D eigenvalue weighted by Crippen LogP contribution is -2.45. The molecule has 1 saturated heterocycles. The maximum atomic E-state index is 12.8. The van der Waals surface area contributed by atoms with Crippen LogP contribution in [-0.4, -0.2) is 37.6 Å². The van der Waals surface area contributed by atoms with Gasteiger partial charge in [-0.3, -0.25) is 9.59 Å². The highest BCUT2D eigenvalue weighted by Crippen LogP contribution is 2.25. The van der Waals surface area contributed by atoms with Gasteiger partial charge in [-0.05, 0) is 69.0 Å². The van der Waals surface area contributed by atoms with Gasteiger partial charge >= 0.3 is 0 Å². The molecule has 30 heavy (non-hydrogen) atoms. The summed E-state index contributed by atoms with van der Waals surface area (Å²) in [7, 11) is 1.65. The zero-order valence-corrected chi connectivity index (χ0v) is 18.0. The van der Waals surface area contributed by atoms with Crippen LogP contribution in [0.3, 0.4) is 0 Å². The second-order valence-electron chi connectivity index (χ2n) is 8.56. The minimum atomic E-state index is -0.439. The second-order valence-corrected chi connectivity index (χ2v) is 8.56. The summed E-state index contributed by atoms with van der Waals surface area (Å²) in [5, 5.41) is 3.12. The third-order valence-corrected chi connectivity index (χ3v) is 5.60. The van der Waals surface area contributed by atoms with E-state index in [4.69, 9.17) is 10.5 Å². The van der Waals surface area contributed by atoms with Crippen LogP contribution in [-0.2, 0) is 11.2 Å². The van der Waals surface area contributed by atoms with Crippen LogP contribution in [0.15, 0.2) is 48.5 Å². The molecule has 1 atom stereocenters. The molecule has 2 amide bonds. The smallest absolute Gasteiger partial charge is 0.251 e. The maximum Gasteiger partial charge on any atom is 0.251 e. The molecule has 6 heteroatoms. The Morgan fingerprint density at radius 1 is 1.17 bits per heavy atom. The molecule has 2 aromatic carbocycles. The van der Waals surface area contributed by atoms with Crippen molar-refractivity contribution in [2.75, 3.05) is 25.1 Å². The molecular weight excluding hydrogens is 378 g/mol. The monoisotopic (exact) mass is 409 g/mol. The first-order valence-electron chi connectivity index (χ1n) is 10.4. The van der Waals surface area contributed by atoms with Gasteiger partial charge in [0, 0.05) is 29.9 Å². The summed E-state index contributed by atoms with van der Waals surface area (Å²) in [6.07, 6.45) is 2.43. The Labute approximate surface area is 178 Å². The van der Waals surface area contributed by atoms with Crippen LogP contribution in [0.2, 0.25) is 0 Å². The highest BCUT2D eigenvalue weighted by molar-refractivity contribution is 5.95. The number of nitrogens with one attached hydrogen (secondary N) is 1. The molecule has 0 saturated carbocycles. The van der Waals surface area contributed by atoms with E-state index in [-0.39, 0.29) is 17.7 Å². The van der Waals surface area contributed by atoms with Crippen LogP contribution in [0.1, 0.15) is 42.6 Å². The van der Waals surface area contributed by atoms with E-state index in [0.29, 0.717) is 18.5 Å². The van der Waals surface area contributed by atoms with Gasteiger partial charge in [0.1, 0.15) is 5.75 Å². The molecule has 1 aliphatic rings. The van der Waals surface area contributed by atoms with E-state index in [1.807, 2.05) is 62.4 Å². The summed E-state index contributed by atoms with van der Waals surface area (Å²) in [4.78, 5) is 26.5. The molecular formula is C24H31N3O3. The number of rotatable bonds is 7. The third kappa shape index (κ3) is 5.32. The highest BCUT2D eigenvalue weighted by atomic mass is 16.5. The number of carbonyl (C=O) groups is 2. The largest absolute Gasteiger partial charge is 0.496 e. The number of hydrogen-bond acceptors (Lipinski definition) is 4. The molecule has 160 valence electrons. The number of nitrogens with zero attached hydrogens (tertiary/aromatic N) is 1. The van der Waals surface area contributed by atoms with Gasteiger partial charge in [-0.25, -0.2) is 0 Å². The van der Waals surface area contributed by atoms with Gasteiger partial charge in [0.15, 0.2) is 0 Å². The van der Waals surface area contributed by atoms with Crippen molar-refractivity contribution in [1.82, 2.24) is 5.32 Å². The number of para-hydroxylation sites is 1. The Bertz CT molecular complexity index is 893. The van der Waals surface area contributed by atoms with Gasteiger partial charge in [0.05, 0.1) is 13.0 Å². The van der Waals surface area contributed by atoms with Crippen molar-refractivity contribution in [2.24, 2.45) is 11.7 Å². The minimum absolute atomic E-state index is 0.113. The molecule has 3 N–H and O–H groups in total. The minimum Gasteiger partial charge on any atom is -0.496 e. The van der Waals surface area contributed by atoms with Crippen molar-refractivity contribution in [3.8, 4) is 5.75 Å². The van der Waals surface area contributed by atoms with Crippen molar-refractivity contribution in [3.05, 3.63) is 59.7 Å². The van der Waals surface area contributed by atoms with Crippen molar-refractivity contribution < 1.29 is 14.3 Å². The maximum absolute atomic E-state index is 12.8. The van der Waals surface area contributed by atoms with Gasteiger partial charge < -0.3 is 20.7 Å². The summed E-state index contributed by atoms with van der Waals surface area (Å²) in [5.41, 5.74) is 7.70. The lowest BCUT2D eigenvalue weighted by Gasteiger charge is -2.33. The Hall–Kier alpha value is -3.02. The molecule has 1 heterocycles. The third-order valence-electron chi connectivity index (χ3n) is 5.60. The molecule has 0 bridgehead atoms. The number of methoxy groups -OCH3 is 1. The van der Waals surface area contributed by atoms with Crippen LogP contribution in [0.5, 0.6) is 5.75 Å². The van der Waals surface area contributed by atoms with Crippen LogP contribution in [0, 0.1) is 5.92 Å². The van der Waals surface area contributed by atoms with Crippen LogP contribution in [0.25, 0.3) is 0 Å². The average Bonchev–Trinajstić information content (AvgIpc) is 2.73. The zero-order chi connectivity index (χ0) is 21.7. The zero-order valence-electron chi connectivity index (χ0n) is 18.0. The Balaban J connectivity index is 1.64. The number of piperidine rings is 1. The first-order chi connectivity index (χ1) is 14.3. The normalized spacial score (nSPS) is 16.8. The number of benzene rings is 2. The Morgan fingerprint density at radius 2 is 1.87 bits per heavy atom. The van der Waals surface area contributed by atoms with Crippen molar-refractivity contribution in [2.45, 2.75) is 38.6 Å². The van der Waals surface area contributed by atoms with Gasteiger partial charge in [-0.15, -0.1) is 0 Å². The predicted molar refractivity (Wildman–Crippen MR) is 119 cm³/mol. The van der Waals surface area contributed by atoms with E-state index in [1.165, 1.54) is 0 Å². The quantitative estimate of drug-likeness (QED) is 0.736. The van der Waals surface area contributed by atoms with E-state index in [1.54, 1.807) is 7.11 Å². The lowest BCUT2D eigenvalue weighted by atomic mass is 9.93. The van der Waals surface area contributed by atoms with Crippen LogP contribution in [0.4, 0.5) is 5.69 Å². The van der Waals surface area contributed by atoms with E-state index >= 15 is 0 Å². The van der Waals surface area contributed by atoms with E-state index in [2.05, 4.69) is 10.2 Å². The number of ether oxygens (including phenoxy) is 1. The van der Waals surface area contributed by atoms with Crippen LogP contribution < -0.4 is 20.7 Å². The number of anilines is 1. The van der Waals surface area contributed by atoms with E-state index in [9.17, 15) is 9.59 Å². The molecule has 2 aromatic rings. The van der Waals surface area contributed by atoms with Gasteiger partial charge in [-0.1, -0.05) is 18.2 Å². The van der Waals surface area contributed by atoms with Crippen molar-refractivity contribution in [1.29, 1.82) is 0 Å². The first kappa shape index (κ1) is 21.7. The molecule has 0 radical (unpaired) electrons. The van der Waals surface area contributed by atoms with E-state index < -0.39 is 5.54 Å². The number of hydrogen-bond donors (Lipinski definition) is 2. The molecule has 0 aromatic heterocycles. The molecule has 1 fully saturated rings. The topological polar surface area (TPSA) is 84.7 Å². The standard InChI is InChI=1S/C24H31N3O3/c1-24(2,15-18-7-4-5-9-21(18)30-3)26-23(29)17-10-12-20(13-11-17)27-14-6-8-19(16-27)22(25)28/h4-5,7,9-13,19H,6,8,14-16H2,1-3H3,(H2,25,28)(H,26,29). The number of nitrogens with two attached hydrogens (primary N) is 1. The average molecular weight is 410 g/mol. The number of amides is 2. The first-order valence-corrected chi connectivity index (χ1v) is 10.4. The molecule has 3 rings (SSSR count). The number of carbonyl (C=O) groups excluding carboxylic acids is 2. The summed E-state index contributed by atoms with van der Waals surface area (Å²) < 4.78 is 5.43. The SMILES string of the molecule is COc1ccccc1CC(C)(C)NC(=O)c1ccc(N2CCCC(C(N)=O)C2)cc1. The number of primary amides is 1. The lowest BCUT2D eigenvalue weighted by molar-refractivity contribution is -0.122. The Kier molecular flexibility index (Phi) is 6.65. The predicted octanol–water partition coefficient (Wildman–Crippen LogP) is 3.15. The summed E-state index contributed by atoms with van der Waals surface area (Å²) in [6, 6.07) is 15.4. The summed E-state index contributed by atoms with van der Waals surface area (Å²) in [5.74, 6) is 0.348. The van der Waals surface area contributed by atoms with Gasteiger partial charge in [0.25, 0.3) is 5.91 Å². The highest BCUT2D eigenvalue weighted by Gasteiger charge is 2.25. The molecule has 6 nitrogen and oxygen atoms in total. The summed E-state index contributed by atoms with van der Waals surface area (Å²) in [6.45, 7) is 5.53.